The number of anilines is 1. The van der Waals surface area contributed by atoms with Crippen molar-refractivity contribution in [2.75, 3.05) is 12.3 Å². The maximum Gasteiger partial charge on any atom is 0.339 e. The van der Waals surface area contributed by atoms with Crippen LogP contribution >= 0.6 is 15.9 Å². The fourth-order valence-corrected chi connectivity index (χ4v) is 3.02. The number of ether oxygens (including phenoxy) is 1. The molecule has 0 spiro atoms. The molecule has 9 heteroatoms. The summed E-state index contributed by atoms with van der Waals surface area (Å²) >= 11 is 3.28. The smallest absolute Gasteiger partial charge is 0.339 e. The minimum absolute atomic E-state index is 0.135. The quantitative estimate of drug-likeness (QED) is 0.544. The topological polar surface area (TPSA) is 116 Å². The van der Waals surface area contributed by atoms with Crippen LogP contribution in [0.3, 0.4) is 0 Å². The third-order valence-corrected chi connectivity index (χ3v) is 4.67. The van der Waals surface area contributed by atoms with Crippen molar-refractivity contribution in [3.8, 4) is 17.3 Å². The lowest BCUT2D eigenvalue weighted by molar-refractivity contribution is 0.0691. The summed E-state index contributed by atoms with van der Waals surface area (Å²) in [6, 6.07) is 10.3. The van der Waals surface area contributed by atoms with E-state index in [1.165, 1.54) is 6.07 Å². The fourth-order valence-electron chi connectivity index (χ4n) is 2.66. The minimum Gasteiger partial charge on any atom is -0.492 e. The van der Waals surface area contributed by atoms with Crippen LogP contribution < -0.4 is 10.5 Å². The van der Waals surface area contributed by atoms with Gasteiger partial charge in [0.2, 0.25) is 0 Å². The summed E-state index contributed by atoms with van der Waals surface area (Å²) in [6.45, 7) is 3.12. The van der Waals surface area contributed by atoms with E-state index in [0.29, 0.717) is 40.7 Å². The maximum atomic E-state index is 11.4. The number of aromatic nitrogens is 4. The SMILES string of the molecule is CC(CCn1cnnc1-c1cccc(N)n1)COc1ccc(Br)cc1C(=O)O. The van der Waals surface area contributed by atoms with Gasteiger partial charge in [0.25, 0.3) is 0 Å². The average Bonchev–Trinajstić information content (AvgIpc) is 3.14. The van der Waals surface area contributed by atoms with Crippen LogP contribution in [0, 0.1) is 5.92 Å². The third-order valence-electron chi connectivity index (χ3n) is 4.17. The van der Waals surface area contributed by atoms with Gasteiger partial charge in [0, 0.05) is 11.0 Å². The lowest BCUT2D eigenvalue weighted by Crippen LogP contribution is -2.13. The minimum atomic E-state index is -1.02. The zero-order chi connectivity index (χ0) is 20.1. The molecular formula is C19H20BrN5O3. The molecule has 1 aromatic carbocycles. The van der Waals surface area contributed by atoms with Gasteiger partial charge in [0.1, 0.15) is 29.2 Å². The predicted molar refractivity (Wildman–Crippen MR) is 108 cm³/mol. The monoisotopic (exact) mass is 445 g/mol. The summed E-state index contributed by atoms with van der Waals surface area (Å²) < 4.78 is 8.36. The molecule has 8 nitrogen and oxygen atoms in total. The molecule has 0 saturated carbocycles. The van der Waals surface area contributed by atoms with Gasteiger partial charge in [-0.2, -0.15) is 0 Å². The Kier molecular flexibility index (Phi) is 6.25. The fraction of sp³-hybridized carbons (Fsp3) is 0.263. The molecule has 3 N–H and O–H groups in total. The summed E-state index contributed by atoms with van der Waals surface area (Å²) in [5.41, 5.74) is 6.55. The van der Waals surface area contributed by atoms with E-state index < -0.39 is 5.97 Å². The number of pyridine rings is 1. The first-order valence-corrected chi connectivity index (χ1v) is 9.49. The summed E-state index contributed by atoms with van der Waals surface area (Å²) in [5.74, 6) is 0.609. The highest BCUT2D eigenvalue weighted by atomic mass is 79.9. The molecule has 2 heterocycles. The van der Waals surface area contributed by atoms with Gasteiger partial charge in [-0.05, 0) is 42.7 Å². The Balaban J connectivity index is 1.60. The van der Waals surface area contributed by atoms with Gasteiger partial charge in [0.15, 0.2) is 5.82 Å². The summed E-state index contributed by atoms with van der Waals surface area (Å²) in [7, 11) is 0. The normalized spacial score (nSPS) is 11.9. The van der Waals surface area contributed by atoms with Crippen LogP contribution in [0.4, 0.5) is 5.82 Å². The molecule has 1 atom stereocenters. The molecule has 0 aliphatic carbocycles. The molecule has 0 aliphatic heterocycles. The molecule has 0 bridgehead atoms. The molecule has 2 aromatic heterocycles. The molecule has 0 aliphatic rings. The number of halogens is 1. The highest BCUT2D eigenvalue weighted by Gasteiger charge is 2.14. The number of carboxylic acids is 1. The van der Waals surface area contributed by atoms with E-state index in [-0.39, 0.29) is 11.5 Å². The van der Waals surface area contributed by atoms with E-state index in [0.717, 1.165) is 6.42 Å². The number of benzene rings is 1. The van der Waals surface area contributed by atoms with Crippen LogP contribution in [0.15, 0.2) is 47.2 Å². The molecule has 0 radical (unpaired) electrons. The second-order valence-corrected chi connectivity index (χ2v) is 7.36. The Hall–Kier alpha value is -2.94. The van der Waals surface area contributed by atoms with Gasteiger partial charge in [0.05, 0.1) is 6.61 Å². The van der Waals surface area contributed by atoms with Crippen molar-refractivity contribution in [2.45, 2.75) is 19.9 Å². The Morgan fingerprint density at radius 3 is 2.93 bits per heavy atom. The standard InChI is InChI=1S/C19H20BrN5O3/c1-12(10-28-16-6-5-13(20)9-14(16)19(26)27)7-8-25-11-22-24-18(25)15-3-2-4-17(21)23-15/h2-6,9,11-12H,7-8,10H2,1H3,(H2,21,23)(H,26,27). The van der Waals surface area contributed by atoms with Crippen molar-refractivity contribution in [1.82, 2.24) is 19.7 Å². The van der Waals surface area contributed by atoms with Crippen molar-refractivity contribution >= 4 is 27.7 Å². The number of hydrogen-bond donors (Lipinski definition) is 2. The molecule has 0 saturated heterocycles. The maximum absolute atomic E-state index is 11.4. The van der Waals surface area contributed by atoms with Crippen LogP contribution in [0.25, 0.3) is 11.5 Å². The zero-order valence-corrected chi connectivity index (χ0v) is 16.8. The van der Waals surface area contributed by atoms with Crippen molar-refractivity contribution in [3.05, 3.63) is 52.8 Å². The molecule has 3 aromatic rings. The molecular weight excluding hydrogens is 426 g/mol. The highest BCUT2D eigenvalue weighted by molar-refractivity contribution is 9.10. The van der Waals surface area contributed by atoms with Gasteiger partial charge >= 0.3 is 5.97 Å². The highest BCUT2D eigenvalue weighted by Crippen LogP contribution is 2.24. The number of nitrogens with zero attached hydrogens (tertiary/aromatic N) is 4. The van der Waals surface area contributed by atoms with E-state index in [9.17, 15) is 9.90 Å². The summed E-state index contributed by atoms with van der Waals surface area (Å²) in [6.07, 6.45) is 2.46. The molecule has 146 valence electrons. The van der Waals surface area contributed by atoms with E-state index in [2.05, 4.69) is 31.1 Å². The van der Waals surface area contributed by atoms with Crippen LogP contribution in [-0.2, 0) is 6.54 Å². The number of aryl methyl sites for hydroxylation is 1. The van der Waals surface area contributed by atoms with Crippen LogP contribution in [0.1, 0.15) is 23.7 Å². The molecule has 0 fully saturated rings. The van der Waals surface area contributed by atoms with Crippen LogP contribution in [0.5, 0.6) is 5.75 Å². The third kappa shape index (κ3) is 4.86. The molecule has 1 unspecified atom stereocenters. The number of nitrogens with two attached hydrogens (primary N) is 1. The molecule has 0 amide bonds. The zero-order valence-electron chi connectivity index (χ0n) is 15.2. The largest absolute Gasteiger partial charge is 0.492 e. The first-order valence-electron chi connectivity index (χ1n) is 8.70. The number of hydrogen-bond acceptors (Lipinski definition) is 6. The second-order valence-electron chi connectivity index (χ2n) is 6.45. The molecule has 3 rings (SSSR count). The summed E-state index contributed by atoms with van der Waals surface area (Å²) in [5, 5.41) is 17.4. The van der Waals surface area contributed by atoms with Crippen LogP contribution in [0.2, 0.25) is 0 Å². The average molecular weight is 446 g/mol. The van der Waals surface area contributed by atoms with E-state index >= 15 is 0 Å². The van der Waals surface area contributed by atoms with E-state index in [1.807, 2.05) is 23.6 Å². The lowest BCUT2D eigenvalue weighted by Gasteiger charge is -2.15. The Morgan fingerprint density at radius 1 is 1.36 bits per heavy atom. The number of aromatic carboxylic acids is 1. The number of carboxylic acid groups (broad SMARTS) is 1. The summed E-state index contributed by atoms with van der Waals surface area (Å²) in [4.78, 5) is 15.6. The van der Waals surface area contributed by atoms with Crippen LogP contribution in [-0.4, -0.2) is 37.4 Å². The lowest BCUT2D eigenvalue weighted by atomic mass is 10.1. The van der Waals surface area contributed by atoms with Gasteiger partial charge < -0.3 is 20.1 Å². The van der Waals surface area contributed by atoms with Gasteiger partial charge in [-0.3, -0.25) is 0 Å². The number of nitrogen functional groups attached to an aromatic ring is 1. The van der Waals surface area contributed by atoms with Gasteiger partial charge in [-0.1, -0.05) is 28.9 Å². The van der Waals surface area contributed by atoms with Crippen molar-refractivity contribution in [2.24, 2.45) is 5.92 Å². The Bertz CT molecular complexity index is 976. The van der Waals surface area contributed by atoms with E-state index in [4.69, 9.17) is 10.5 Å². The number of carbonyl (C=O) groups is 1. The predicted octanol–water partition coefficient (Wildman–Crippen LogP) is 3.49. The second kappa shape index (κ2) is 8.83. The van der Waals surface area contributed by atoms with E-state index in [1.54, 1.807) is 24.5 Å². The Labute approximate surface area is 170 Å². The Morgan fingerprint density at radius 2 is 2.18 bits per heavy atom. The van der Waals surface area contributed by atoms with Crippen molar-refractivity contribution in [1.29, 1.82) is 0 Å². The first kappa shape index (κ1) is 19.8. The first-order chi connectivity index (χ1) is 13.4. The number of rotatable bonds is 8. The van der Waals surface area contributed by atoms with Gasteiger partial charge in [-0.15, -0.1) is 10.2 Å². The van der Waals surface area contributed by atoms with Gasteiger partial charge in [-0.25, -0.2) is 9.78 Å². The molecule has 28 heavy (non-hydrogen) atoms. The van der Waals surface area contributed by atoms with Crippen molar-refractivity contribution in [3.63, 3.8) is 0 Å². The van der Waals surface area contributed by atoms with Crippen molar-refractivity contribution < 1.29 is 14.6 Å².